The molecule has 0 aliphatic carbocycles. The molecule has 0 amide bonds. The van der Waals surface area contributed by atoms with Crippen LogP contribution in [0.5, 0.6) is 0 Å². The lowest BCUT2D eigenvalue weighted by atomic mass is 9.86. The van der Waals surface area contributed by atoms with E-state index < -0.39 is 0 Å². The van der Waals surface area contributed by atoms with Crippen molar-refractivity contribution in [3.63, 3.8) is 0 Å². The Bertz CT molecular complexity index is 334. The van der Waals surface area contributed by atoms with Crippen LogP contribution < -0.4 is 0 Å². The van der Waals surface area contributed by atoms with Crippen molar-refractivity contribution in [2.45, 2.75) is 59.8 Å². The van der Waals surface area contributed by atoms with Gasteiger partial charge in [-0.1, -0.05) is 45.4 Å². The molecule has 0 spiro atoms. The molecule has 0 N–H and O–H groups in total. The summed E-state index contributed by atoms with van der Waals surface area (Å²) >= 11 is 0. The van der Waals surface area contributed by atoms with Crippen molar-refractivity contribution < 1.29 is 0 Å². The van der Waals surface area contributed by atoms with Crippen LogP contribution in [0.1, 0.15) is 68.2 Å². The largest absolute Gasteiger partial charge is 0.0648 e. The molecule has 0 nitrogen and oxygen atoms in total. The topological polar surface area (TPSA) is 0 Å². The third kappa shape index (κ3) is 2.62. The molecule has 0 saturated carbocycles. The SMILES string of the molecule is CCC(C)c1cc(C)cc(C(C)C)c1C. The van der Waals surface area contributed by atoms with Gasteiger partial charge in [-0.2, -0.15) is 0 Å². The Morgan fingerprint density at radius 1 is 1.00 bits per heavy atom. The second-order valence-corrected chi connectivity index (χ2v) is 5.03. The highest BCUT2D eigenvalue weighted by atomic mass is 14.2. The Morgan fingerprint density at radius 3 is 2.00 bits per heavy atom. The summed E-state index contributed by atoms with van der Waals surface area (Å²) in [7, 11) is 0. The predicted molar refractivity (Wildman–Crippen MR) is 68.7 cm³/mol. The summed E-state index contributed by atoms with van der Waals surface area (Å²) in [5.41, 5.74) is 5.97. The predicted octanol–water partition coefficient (Wildman–Crippen LogP) is 4.94. The van der Waals surface area contributed by atoms with E-state index >= 15 is 0 Å². The Balaban J connectivity index is 3.28. The third-order valence-electron chi connectivity index (χ3n) is 3.40. The maximum atomic E-state index is 2.36. The first kappa shape index (κ1) is 12.3. The fourth-order valence-electron chi connectivity index (χ4n) is 2.25. The van der Waals surface area contributed by atoms with Gasteiger partial charge in [-0.15, -0.1) is 0 Å². The van der Waals surface area contributed by atoms with E-state index in [1.165, 1.54) is 23.1 Å². The van der Waals surface area contributed by atoms with E-state index in [1.54, 1.807) is 5.56 Å². The average Bonchev–Trinajstić information content (AvgIpc) is 2.19. The highest BCUT2D eigenvalue weighted by molar-refractivity contribution is 5.41. The van der Waals surface area contributed by atoms with Crippen molar-refractivity contribution in [2.75, 3.05) is 0 Å². The fraction of sp³-hybridized carbons (Fsp3) is 0.600. The van der Waals surface area contributed by atoms with Gasteiger partial charge in [0.1, 0.15) is 0 Å². The molecule has 0 aromatic heterocycles. The number of benzene rings is 1. The zero-order valence-electron chi connectivity index (χ0n) is 11.0. The van der Waals surface area contributed by atoms with Crippen LogP contribution in [0.3, 0.4) is 0 Å². The van der Waals surface area contributed by atoms with Gasteiger partial charge < -0.3 is 0 Å². The molecule has 0 bridgehead atoms. The normalized spacial score (nSPS) is 13.3. The Labute approximate surface area is 94.7 Å². The van der Waals surface area contributed by atoms with Crippen LogP contribution in [0.15, 0.2) is 12.1 Å². The van der Waals surface area contributed by atoms with Crippen LogP contribution in [-0.4, -0.2) is 0 Å². The molecular formula is C15H24. The van der Waals surface area contributed by atoms with Crippen molar-refractivity contribution in [3.8, 4) is 0 Å². The summed E-state index contributed by atoms with van der Waals surface area (Å²) in [6.45, 7) is 13.6. The first-order valence-corrected chi connectivity index (χ1v) is 6.08. The number of aryl methyl sites for hydroxylation is 1. The molecule has 0 radical (unpaired) electrons. The summed E-state index contributed by atoms with van der Waals surface area (Å²) in [5.74, 6) is 1.31. The van der Waals surface area contributed by atoms with Crippen LogP contribution in [0.2, 0.25) is 0 Å². The lowest BCUT2D eigenvalue weighted by molar-refractivity contribution is 0.720. The number of rotatable bonds is 3. The molecule has 1 aromatic rings. The molecule has 15 heavy (non-hydrogen) atoms. The lowest BCUT2D eigenvalue weighted by Gasteiger charge is -2.19. The van der Waals surface area contributed by atoms with Gasteiger partial charge in [-0.05, 0) is 48.8 Å². The molecule has 0 saturated heterocycles. The van der Waals surface area contributed by atoms with E-state index in [1.807, 2.05) is 0 Å². The summed E-state index contributed by atoms with van der Waals surface area (Å²) in [4.78, 5) is 0. The van der Waals surface area contributed by atoms with Crippen molar-refractivity contribution in [3.05, 3.63) is 34.4 Å². The summed E-state index contributed by atoms with van der Waals surface area (Å²) in [6.07, 6.45) is 1.22. The van der Waals surface area contributed by atoms with Crippen molar-refractivity contribution in [2.24, 2.45) is 0 Å². The monoisotopic (exact) mass is 204 g/mol. The Hall–Kier alpha value is -0.780. The molecule has 0 heterocycles. The van der Waals surface area contributed by atoms with Crippen LogP contribution in [0, 0.1) is 13.8 Å². The zero-order valence-corrected chi connectivity index (χ0v) is 11.0. The van der Waals surface area contributed by atoms with Crippen molar-refractivity contribution in [1.29, 1.82) is 0 Å². The molecule has 0 heteroatoms. The quantitative estimate of drug-likeness (QED) is 0.654. The average molecular weight is 204 g/mol. The minimum Gasteiger partial charge on any atom is -0.0648 e. The van der Waals surface area contributed by atoms with E-state index in [4.69, 9.17) is 0 Å². The first-order valence-electron chi connectivity index (χ1n) is 6.08. The molecule has 0 aliphatic heterocycles. The van der Waals surface area contributed by atoms with Gasteiger partial charge in [-0.25, -0.2) is 0 Å². The maximum absolute atomic E-state index is 2.36. The van der Waals surface area contributed by atoms with Crippen molar-refractivity contribution >= 4 is 0 Å². The van der Waals surface area contributed by atoms with Crippen LogP contribution >= 0.6 is 0 Å². The Kier molecular flexibility index (Phi) is 3.96. The molecular weight excluding hydrogens is 180 g/mol. The molecule has 1 rings (SSSR count). The fourth-order valence-corrected chi connectivity index (χ4v) is 2.25. The van der Waals surface area contributed by atoms with E-state index in [0.29, 0.717) is 11.8 Å². The van der Waals surface area contributed by atoms with Gasteiger partial charge in [0.2, 0.25) is 0 Å². The summed E-state index contributed by atoms with van der Waals surface area (Å²) in [6, 6.07) is 4.70. The smallest absolute Gasteiger partial charge is 0.0190 e. The van der Waals surface area contributed by atoms with Crippen LogP contribution in [0.4, 0.5) is 0 Å². The van der Waals surface area contributed by atoms with Crippen molar-refractivity contribution in [1.82, 2.24) is 0 Å². The molecule has 1 atom stereocenters. The highest BCUT2D eigenvalue weighted by Gasteiger charge is 2.12. The highest BCUT2D eigenvalue weighted by Crippen LogP contribution is 2.29. The van der Waals surface area contributed by atoms with Gasteiger partial charge in [0.05, 0.1) is 0 Å². The van der Waals surface area contributed by atoms with Gasteiger partial charge in [0, 0.05) is 0 Å². The summed E-state index contributed by atoms with van der Waals surface area (Å²) in [5, 5.41) is 0. The van der Waals surface area contributed by atoms with E-state index in [2.05, 4.69) is 53.7 Å². The second-order valence-electron chi connectivity index (χ2n) is 5.03. The third-order valence-corrected chi connectivity index (χ3v) is 3.40. The minimum atomic E-state index is 0.632. The molecule has 1 aromatic carbocycles. The van der Waals surface area contributed by atoms with Crippen LogP contribution in [0.25, 0.3) is 0 Å². The van der Waals surface area contributed by atoms with Gasteiger partial charge in [-0.3, -0.25) is 0 Å². The van der Waals surface area contributed by atoms with E-state index in [9.17, 15) is 0 Å². The molecule has 1 unspecified atom stereocenters. The number of hydrogen-bond donors (Lipinski definition) is 0. The molecule has 0 aliphatic rings. The van der Waals surface area contributed by atoms with Gasteiger partial charge in [0.25, 0.3) is 0 Å². The van der Waals surface area contributed by atoms with E-state index in [-0.39, 0.29) is 0 Å². The molecule has 0 fully saturated rings. The van der Waals surface area contributed by atoms with Gasteiger partial charge in [0.15, 0.2) is 0 Å². The van der Waals surface area contributed by atoms with Gasteiger partial charge >= 0.3 is 0 Å². The minimum absolute atomic E-state index is 0.632. The van der Waals surface area contributed by atoms with Crippen LogP contribution in [-0.2, 0) is 0 Å². The second kappa shape index (κ2) is 4.83. The lowest BCUT2D eigenvalue weighted by Crippen LogP contribution is -2.02. The number of hydrogen-bond acceptors (Lipinski definition) is 0. The molecule has 84 valence electrons. The first-order chi connectivity index (χ1) is 6.97. The standard InChI is InChI=1S/C15H24/c1-7-12(5)15-9-11(4)8-14(10(2)3)13(15)6/h8-10,12H,7H2,1-6H3. The maximum Gasteiger partial charge on any atom is -0.0190 e. The zero-order chi connectivity index (χ0) is 11.6. The summed E-state index contributed by atoms with van der Waals surface area (Å²) < 4.78 is 0. The van der Waals surface area contributed by atoms with E-state index in [0.717, 1.165) is 0 Å². The Morgan fingerprint density at radius 2 is 1.53 bits per heavy atom.